The average molecular weight is 729 g/mol. The summed E-state index contributed by atoms with van der Waals surface area (Å²) >= 11 is 1.14. The molecule has 1 aromatic heterocycles. The largest absolute Gasteiger partial charge is 0.391 e. The zero-order valence-electron chi connectivity index (χ0n) is 28.5. The van der Waals surface area contributed by atoms with Gasteiger partial charge in [0.05, 0.1) is 23.8 Å². The first-order valence-corrected chi connectivity index (χ1v) is 17.9. The Morgan fingerprint density at radius 2 is 1.65 bits per heavy atom. The fraction of sp³-hybridized carbons (Fsp3) is 0.545. The number of rotatable bonds is 3. The van der Waals surface area contributed by atoms with E-state index in [0.29, 0.717) is 22.5 Å². The first kappa shape index (κ1) is 37.6. The number of carbonyl (C=O) groups excluding carboxylic acids is 7. The van der Waals surface area contributed by atoms with Crippen molar-refractivity contribution in [3.63, 3.8) is 0 Å². The number of amides is 7. The first-order chi connectivity index (χ1) is 24.3. The summed E-state index contributed by atoms with van der Waals surface area (Å²) in [6.45, 7) is 3.66. The number of fused-ring (bicyclic) bond motifs is 5. The molecule has 5 rings (SSSR count). The van der Waals surface area contributed by atoms with Crippen LogP contribution in [-0.2, 0) is 40.0 Å². The van der Waals surface area contributed by atoms with Crippen molar-refractivity contribution in [3.05, 3.63) is 29.8 Å². The SMILES string of the molecule is CCCC1NC(=O)C2Cc3c([nH]c4ccccc34)SCC(NC(=O)C(C(C)O)NC(=O)C(C)NC1=O)C(=O)N1CC(O)CC1C(=O)NCC(=O)N2. The van der Waals surface area contributed by atoms with Crippen LogP contribution in [0, 0.1) is 0 Å². The lowest BCUT2D eigenvalue weighted by Crippen LogP contribution is -2.61. The topological polar surface area (TPSA) is 251 Å². The van der Waals surface area contributed by atoms with E-state index in [9.17, 15) is 43.8 Å². The van der Waals surface area contributed by atoms with Gasteiger partial charge in [-0.15, -0.1) is 11.8 Å². The summed E-state index contributed by atoms with van der Waals surface area (Å²) < 4.78 is 0. The third kappa shape index (κ3) is 8.62. The molecule has 276 valence electrons. The average Bonchev–Trinajstić information content (AvgIpc) is 3.65. The highest BCUT2D eigenvalue weighted by Gasteiger charge is 2.43. The number of aromatic nitrogens is 1. The molecule has 1 saturated heterocycles. The Hall–Kier alpha value is -4.68. The summed E-state index contributed by atoms with van der Waals surface area (Å²) in [5, 5.41) is 37.9. The maximum Gasteiger partial charge on any atom is 0.246 e. The van der Waals surface area contributed by atoms with Gasteiger partial charge in [0.15, 0.2) is 0 Å². The third-order valence-corrected chi connectivity index (χ3v) is 10.3. The van der Waals surface area contributed by atoms with E-state index in [1.807, 2.05) is 18.2 Å². The van der Waals surface area contributed by atoms with Gasteiger partial charge in [-0.25, -0.2) is 0 Å². The van der Waals surface area contributed by atoms with Gasteiger partial charge < -0.3 is 52.0 Å². The van der Waals surface area contributed by atoms with E-state index in [1.54, 1.807) is 13.0 Å². The highest BCUT2D eigenvalue weighted by molar-refractivity contribution is 7.99. The Kier molecular flexibility index (Phi) is 11.9. The second-order valence-corrected chi connectivity index (χ2v) is 14.1. The number of nitrogens with zero attached hydrogens (tertiary/aromatic N) is 1. The molecule has 4 heterocycles. The predicted octanol–water partition coefficient (Wildman–Crippen LogP) is -2.47. The van der Waals surface area contributed by atoms with Crippen LogP contribution in [0.5, 0.6) is 0 Å². The molecule has 51 heavy (non-hydrogen) atoms. The number of aromatic amines is 1. The van der Waals surface area contributed by atoms with Crippen LogP contribution < -0.4 is 31.9 Å². The number of benzene rings is 1. The van der Waals surface area contributed by atoms with E-state index in [2.05, 4.69) is 36.9 Å². The van der Waals surface area contributed by atoms with Crippen molar-refractivity contribution in [1.82, 2.24) is 41.8 Å². The lowest BCUT2D eigenvalue weighted by molar-refractivity contribution is -0.142. The van der Waals surface area contributed by atoms with Crippen LogP contribution in [0.1, 0.15) is 45.6 Å². The van der Waals surface area contributed by atoms with Crippen molar-refractivity contribution in [1.29, 1.82) is 0 Å². The highest BCUT2D eigenvalue weighted by Crippen LogP contribution is 2.32. The van der Waals surface area contributed by atoms with Crippen molar-refractivity contribution < 1.29 is 43.8 Å². The summed E-state index contributed by atoms with van der Waals surface area (Å²) in [6.07, 6.45) is -2.04. The minimum atomic E-state index is -1.55. The highest BCUT2D eigenvalue weighted by atomic mass is 32.2. The number of aliphatic hydroxyl groups excluding tert-OH is 2. The molecule has 0 aliphatic carbocycles. The lowest BCUT2D eigenvalue weighted by Gasteiger charge is -2.30. The molecule has 8 unspecified atom stereocenters. The molecule has 3 aliphatic rings. The summed E-state index contributed by atoms with van der Waals surface area (Å²) in [6, 6.07) is -0.379. The third-order valence-electron chi connectivity index (χ3n) is 9.16. The molecule has 8 atom stereocenters. The van der Waals surface area contributed by atoms with Gasteiger partial charge in [-0.1, -0.05) is 31.5 Å². The summed E-state index contributed by atoms with van der Waals surface area (Å²) in [5.41, 5.74) is 1.31. The first-order valence-electron chi connectivity index (χ1n) is 16.9. The minimum Gasteiger partial charge on any atom is -0.391 e. The quantitative estimate of drug-likeness (QED) is 0.161. The smallest absolute Gasteiger partial charge is 0.246 e. The second kappa shape index (κ2) is 16.1. The Bertz CT molecular complexity index is 1700. The molecule has 17 nitrogen and oxygen atoms in total. The number of thioether (sulfide) groups is 1. The van der Waals surface area contributed by atoms with Gasteiger partial charge in [-0.2, -0.15) is 0 Å². The molecule has 3 aliphatic heterocycles. The molecule has 1 fully saturated rings. The monoisotopic (exact) mass is 728 g/mol. The summed E-state index contributed by atoms with van der Waals surface area (Å²) in [4.78, 5) is 99.6. The normalized spacial score (nSPS) is 29.5. The number of nitrogens with one attached hydrogen (secondary N) is 7. The van der Waals surface area contributed by atoms with E-state index in [0.717, 1.165) is 22.0 Å². The molecule has 2 bridgehead atoms. The standard InChI is InChI=1S/C33H44N8O9S/c1-4-7-21-28(46)35-15(2)27(45)40-26(16(3)42)31(49)38-23-14-51-32-19(18-8-5-6-9-20(18)39-32)11-22(29(47)37-21)36-25(44)12-34-30(48)24-10-17(43)13-41(24)33(23)50/h5-6,8-9,15-17,21-24,26,39,42-43H,4,7,10-14H2,1-3H3,(H,34,48)(H,35,46)(H,36,44)(H,37,47)(H,38,49)(H,40,45). The molecular formula is C33H44N8O9S. The van der Waals surface area contributed by atoms with E-state index in [4.69, 9.17) is 0 Å². The Balaban J connectivity index is 1.65. The molecule has 9 N–H and O–H groups in total. The van der Waals surface area contributed by atoms with Gasteiger partial charge in [0.25, 0.3) is 0 Å². The summed E-state index contributed by atoms with van der Waals surface area (Å²) in [7, 11) is 0. The van der Waals surface area contributed by atoms with Crippen molar-refractivity contribution in [3.8, 4) is 0 Å². The number of hydrogen-bond acceptors (Lipinski definition) is 10. The fourth-order valence-corrected chi connectivity index (χ4v) is 7.56. The van der Waals surface area contributed by atoms with E-state index >= 15 is 0 Å². The fourth-order valence-electron chi connectivity index (χ4n) is 6.45. The lowest BCUT2D eigenvalue weighted by atomic mass is 10.0. The molecule has 0 spiro atoms. The molecule has 0 saturated carbocycles. The molecular weight excluding hydrogens is 684 g/mol. The van der Waals surface area contributed by atoms with E-state index in [-0.39, 0.29) is 31.6 Å². The van der Waals surface area contributed by atoms with Crippen LogP contribution in [0.4, 0.5) is 0 Å². The van der Waals surface area contributed by atoms with Crippen LogP contribution in [0.25, 0.3) is 10.9 Å². The van der Waals surface area contributed by atoms with E-state index in [1.165, 1.54) is 13.8 Å². The van der Waals surface area contributed by atoms with Crippen LogP contribution in [0.3, 0.4) is 0 Å². The van der Waals surface area contributed by atoms with Crippen LogP contribution >= 0.6 is 11.8 Å². The predicted molar refractivity (Wildman–Crippen MR) is 184 cm³/mol. The Morgan fingerprint density at radius 3 is 2.37 bits per heavy atom. The second-order valence-electron chi connectivity index (χ2n) is 13.1. The van der Waals surface area contributed by atoms with E-state index < -0.39 is 96.4 Å². The van der Waals surface area contributed by atoms with Gasteiger partial charge in [0, 0.05) is 36.0 Å². The molecule has 1 aromatic carbocycles. The van der Waals surface area contributed by atoms with Crippen molar-refractivity contribution in [2.24, 2.45) is 0 Å². The van der Waals surface area contributed by atoms with Gasteiger partial charge >= 0.3 is 0 Å². The van der Waals surface area contributed by atoms with Crippen molar-refractivity contribution >= 4 is 64.0 Å². The number of carbonyl (C=O) groups is 7. The molecule has 0 radical (unpaired) electrons. The Morgan fingerprint density at radius 1 is 0.902 bits per heavy atom. The molecule has 18 heteroatoms. The minimum absolute atomic E-state index is 0.0623. The van der Waals surface area contributed by atoms with Crippen molar-refractivity contribution in [2.45, 2.75) is 99.9 Å². The molecule has 2 aromatic rings. The van der Waals surface area contributed by atoms with Gasteiger partial charge in [-0.3, -0.25) is 33.6 Å². The van der Waals surface area contributed by atoms with Gasteiger partial charge in [0.2, 0.25) is 41.4 Å². The van der Waals surface area contributed by atoms with Crippen LogP contribution in [-0.4, -0.2) is 129 Å². The van der Waals surface area contributed by atoms with Gasteiger partial charge in [0.1, 0.15) is 36.3 Å². The number of aliphatic hydroxyl groups is 2. The maximum absolute atomic E-state index is 14.2. The number of H-pyrrole nitrogens is 1. The number of hydrogen-bond donors (Lipinski definition) is 9. The van der Waals surface area contributed by atoms with Gasteiger partial charge in [-0.05, 0) is 31.9 Å². The van der Waals surface area contributed by atoms with Crippen LogP contribution in [0.2, 0.25) is 0 Å². The zero-order valence-corrected chi connectivity index (χ0v) is 29.3. The molecule has 7 amide bonds. The maximum atomic E-state index is 14.2. The van der Waals surface area contributed by atoms with Crippen molar-refractivity contribution in [2.75, 3.05) is 18.8 Å². The van der Waals surface area contributed by atoms with Crippen LogP contribution in [0.15, 0.2) is 29.3 Å². The Labute approximate surface area is 297 Å². The summed E-state index contributed by atoms with van der Waals surface area (Å²) in [5.74, 6) is -5.37. The zero-order chi connectivity index (χ0) is 37.0. The number of para-hydroxylation sites is 1.